The molecule has 0 saturated heterocycles. The summed E-state index contributed by atoms with van der Waals surface area (Å²) >= 11 is 1.67. The average molecular weight is 439 g/mol. The monoisotopic (exact) mass is 438 g/mol. The van der Waals surface area contributed by atoms with Gasteiger partial charge in [0.05, 0.1) is 20.1 Å². The zero-order valence-corrected chi connectivity index (χ0v) is 17.5. The fraction of sp³-hybridized carbons (Fsp3) is 0.136. The predicted octanol–water partition coefficient (Wildman–Crippen LogP) is 4.46. The third kappa shape index (κ3) is 3.83. The molecule has 1 aliphatic heterocycles. The van der Waals surface area contributed by atoms with Crippen LogP contribution in [0.15, 0.2) is 71.6 Å². The maximum Gasteiger partial charge on any atom is 0.262 e. The third-order valence-corrected chi connectivity index (χ3v) is 7.14. The van der Waals surface area contributed by atoms with Crippen LogP contribution in [0.5, 0.6) is 11.5 Å². The SMILES string of the molecule is O=S(=O)(Nc1ccc(Cc2nc3ccccc3s2)cc1)c1ccc2c(c1)OCCO2. The van der Waals surface area contributed by atoms with Gasteiger partial charge in [-0.15, -0.1) is 11.3 Å². The molecule has 0 saturated carbocycles. The van der Waals surface area contributed by atoms with E-state index in [4.69, 9.17) is 9.47 Å². The van der Waals surface area contributed by atoms with Crippen LogP contribution >= 0.6 is 11.3 Å². The summed E-state index contributed by atoms with van der Waals surface area (Å²) in [5, 5.41) is 1.03. The quantitative estimate of drug-likeness (QED) is 0.498. The van der Waals surface area contributed by atoms with Gasteiger partial charge < -0.3 is 9.47 Å². The molecule has 3 aromatic carbocycles. The van der Waals surface area contributed by atoms with Gasteiger partial charge in [0.15, 0.2) is 11.5 Å². The Kier molecular flexibility index (Phi) is 4.80. The van der Waals surface area contributed by atoms with Gasteiger partial charge in [0.25, 0.3) is 10.0 Å². The van der Waals surface area contributed by atoms with Gasteiger partial charge in [-0.3, -0.25) is 4.72 Å². The van der Waals surface area contributed by atoms with Crippen LogP contribution in [0, 0.1) is 0 Å². The molecule has 0 amide bonds. The van der Waals surface area contributed by atoms with Crippen molar-refractivity contribution in [3.8, 4) is 11.5 Å². The van der Waals surface area contributed by atoms with E-state index >= 15 is 0 Å². The summed E-state index contributed by atoms with van der Waals surface area (Å²) in [5.74, 6) is 0.995. The first-order valence-corrected chi connectivity index (χ1v) is 11.7. The molecule has 0 aliphatic carbocycles. The first-order valence-electron chi connectivity index (χ1n) is 9.43. The molecule has 4 aromatic rings. The van der Waals surface area contributed by atoms with Crippen LogP contribution < -0.4 is 14.2 Å². The Labute approximate surface area is 178 Å². The standard InChI is InChI=1S/C22H18N2O4S2/c25-30(26,17-9-10-19-20(14-17)28-12-11-27-19)24-16-7-5-15(6-8-16)13-22-23-18-3-1-2-4-21(18)29-22/h1-10,14,24H,11-13H2. The number of sulfonamides is 1. The van der Waals surface area contributed by atoms with Crippen molar-refractivity contribution in [2.24, 2.45) is 0 Å². The van der Waals surface area contributed by atoms with Crippen LogP contribution in [-0.4, -0.2) is 26.6 Å². The highest BCUT2D eigenvalue weighted by Crippen LogP contribution is 2.33. The van der Waals surface area contributed by atoms with E-state index in [2.05, 4.69) is 15.8 Å². The smallest absolute Gasteiger partial charge is 0.262 e. The highest BCUT2D eigenvalue weighted by atomic mass is 32.2. The summed E-state index contributed by atoms with van der Waals surface area (Å²) in [6.45, 7) is 0.862. The molecule has 2 heterocycles. The molecule has 0 fully saturated rings. The van der Waals surface area contributed by atoms with Gasteiger partial charge in [-0.25, -0.2) is 13.4 Å². The summed E-state index contributed by atoms with van der Waals surface area (Å²) < 4.78 is 40.2. The molecule has 0 atom stereocenters. The van der Waals surface area contributed by atoms with E-state index in [0.717, 1.165) is 20.8 Å². The molecule has 30 heavy (non-hydrogen) atoms. The topological polar surface area (TPSA) is 77.5 Å². The second-order valence-electron chi connectivity index (χ2n) is 6.86. The molecular weight excluding hydrogens is 420 g/mol. The van der Waals surface area contributed by atoms with Gasteiger partial charge in [0.2, 0.25) is 0 Å². The van der Waals surface area contributed by atoms with E-state index in [1.165, 1.54) is 12.1 Å². The van der Waals surface area contributed by atoms with Crippen molar-refractivity contribution in [1.82, 2.24) is 4.98 Å². The zero-order chi connectivity index (χ0) is 20.6. The van der Waals surface area contributed by atoms with Crippen LogP contribution in [-0.2, 0) is 16.4 Å². The van der Waals surface area contributed by atoms with Crippen LogP contribution in [0.4, 0.5) is 5.69 Å². The van der Waals surface area contributed by atoms with Crippen LogP contribution in [0.2, 0.25) is 0 Å². The lowest BCUT2D eigenvalue weighted by atomic mass is 10.1. The summed E-state index contributed by atoms with van der Waals surface area (Å²) in [7, 11) is -3.73. The number of aromatic nitrogens is 1. The second kappa shape index (κ2) is 7.62. The number of para-hydroxylation sites is 1. The van der Waals surface area contributed by atoms with Crippen molar-refractivity contribution in [3.63, 3.8) is 0 Å². The number of benzene rings is 3. The second-order valence-corrected chi connectivity index (χ2v) is 9.66. The van der Waals surface area contributed by atoms with E-state index in [0.29, 0.717) is 36.8 Å². The van der Waals surface area contributed by atoms with Gasteiger partial charge in [-0.2, -0.15) is 0 Å². The van der Waals surface area contributed by atoms with Crippen molar-refractivity contribution in [2.45, 2.75) is 11.3 Å². The minimum atomic E-state index is -3.73. The van der Waals surface area contributed by atoms with E-state index in [1.807, 2.05) is 30.3 Å². The summed E-state index contributed by atoms with van der Waals surface area (Å²) in [6.07, 6.45) is 0.703. The lowest BCUT2D eigenvalue weighted by Crippen LogP contribution is -2.17. The Morgan fingerprint density at radius 1 is 0.933 bits per heavy atom. The Bertz CT molecular complexity index is 1280. The van der Waals surface area contributed by atoms with Crippen molar-refractivity contribution in [1.29, 1.82) is 0 Å². The van der Waals surface area contributed by atoms with Crippen molar-refractivity contribution < 1.29 is 17.9 Å². The number of fused-ring (bicyclic) bond motifs is 2. The fourth-order valence-corrected chi connectivity index (χ4v) is 5.34. The van der Waals surface area contributed by atoms with Gasteiger partial charge in [0.1, 0.15) is 13.2 Å². The van der Waals surface area contributed by atoms with Crippen molar-refractivity contribution in [3.05, 3.63) is 77.3 Å². The minimum Gasteiger partial charge on any atom is -0.486 e. The van der Waals surface area contributed by atoms with E-state index in [-0.39, 0.29) is 4.90 Å². The average Bonchev–Trinajstić information content (AvgIpc) is 3.17. The largest absolute Gasteiger partial charge is 0.486 e. The number of ether oxygens (including phenoxy) is 2. The van der Waals surface area contributed by atoms with Crippen molar-refractivity contribution >= 4 is 37.3 Å². The van der Waals surface area contributed by atoms with Crippen molar-refractivity contribution in [2.75, 3.05) is 17.9 Å². The molecule has 0 bridgehead atoms. The number of thiazole rings is 1. The molecule has 8 heteroatoms. The highest BCUT2D eigenvalue weighted by molar-refractivity contribution is 7.92. The Morgan fingerprint density at radius 3 is 2.50 bits per heavy atom. The molecule has 1 aliphatic rings. The zero-order valence-electron chi connectivity index (χ0n) is 15.9. The van der Waals surface area contributed by atoms with E-state index < -0.39 is 10.0 Å². The van der Waals surface area contributed by atoms with E-state index in [1.54, 1.807) is 29.5 Å². The number of nitrogens with zero attached hydrogens (tertiary/aromatic N) is 1. The van der Waals surface area contributed by atoms with Crippen LogP contribution in [0.1, 0.15) is 10.6 Å². The molecule has 6 nitrogen and oxygen atoms in total. The molecular formula is C22H18N2O4S2. The van der Waals surface area contributed by atoms with Crippen LogP contribution in [0.25, 0.3) is 10.2 Å². The van der Waals surface area contributed by atoms with Gasteiger partial charge in [-0.05, 0) is 42.0 Å². The molecule has 1 N–H and O–H groups in total. The van der Waals surface area contributed by atoms with Crippen LogP contribution in [0.3, 0.4) is 0 Å². The summed E-state index contributed by atoms with van der Waals surface area (Å²) in [6, 6.07) is 20.0. The highest BCUT2D eigenvalue weighted by Gasteiger charge is 2.19. The minimum absolute atomic E-state index is 0.130. The fourth-order valence-electron chi connectivity index (χ4n) is 3.27. The molecule has 0 spiro atoms. The lowest BCUT2D eigenvalue weighted by Gasteiger charge is -2.19. The number of anilines is 1. The number of hydrogen-bond donors (Lipinski definition) is 1. The molecule has 152 valence electrons. The Morgan fingerprint density at radius 2 is 1.70 bits per heavy atom. The van der Waals surface area contributed by atoms with Gasteiger partial charge >= 0.3 is 0 Å². The first-order chi connectivity index (χ1) is 14.6. The molecule has 0 unspecified atom stereocenters. The molecule has 0 radical (unpaired) electrons. The maximum atomic E-state index is 12.7. The molecule has 5 rings (SSSR count). The normalized spacial score (nSPS) is 13.3. The maximum absolute atomic E-state index is 12.7. The van der Waals surface area contributed by atoms with Gasteiger partial charge in [-0.1, -0.05) is 24.3 Å². The first kappa shape index (κ1) is 18.9. The molecule has 1 aromatic heterocycles. The third-order valence-electron chi connectivity index (χ3n) is 4.72. The predicted molar refractivity (Wildman–Crippen MR) is 117 cm³/mol. The number of nitrogens with one attached hydrogen (secondary N) is 1. The number of hydrogen-bond acceptors (Lipinski definition) is 6. The lowest BCUT2D eigenvalue weighted by molar-refractivity contribution is 0.171. The summed E-state index contributed by atoms with van der Waals surface area (Å²) in [4.78, 5) is 4.78. The van der Waals surface area contributed by atoms with Gasteiger partial charge in [0, 0.05) is 18.2 Å². The summed E-state index contributed by atoms with van der Waals surface area (Å²) in [5.41, 5.74) is 2.57. The Balaban J connectivity index is 1.31. The number of rotatable bonds is 5. The van der Waals surface area contributed by atoms with E-state index in [9.17, 15) is 8.42 Å². The Hall–Kier alpha value is -3.10.